The lowest BCUT2D eigenvalue weighted by Crippen LogP contribution is -2.25. The number of carbonyl (C=O) groups excluding carboxylic acids is 2. The second kappa shape index (κ2) is 13.3. The average molecular weight is 429 g/mol. The van der Waals surface area contributed by atoms with Crippen LogP contribution in [0.2, 0.25) is 0 Å². The molecule has 0 fully saturated rings. The topological polar surface area (TPSA) is 67.4 Å². The number of hydrogen-bond donors (Lipinski definition) is 2. The first-order valence-electron chi connectivity index (χ1n) is 11.9. The first kappa shape index (κ1) is 25.1. The zero-order valence-electron chi connectivity index (χ0n) is 19.8. The number of rotatable bonds is 12. The fourth-order valence-corrected chi connectivity index (χ4v) is 4.04. The van der Waals surface area contributed by atoms with Crippen molar-refractivity contribution in [2.24, 2.45) is 5.92 Å². The van der Waals surface area contributed by atoms with Crippen LogP contribution < -0.4 is 10.6 Å². The lowest BCUT2D eigenvalue weighted by Gasteiger charge is -2.23. The Labute approximate surface area is 188 Å². The molecule has 2 rings (SSSR count). The number of unbranched alkanes of at least 4 members (excludes halogenated alkanes) is 1. The van der Waals surface area contributed by atoms with Crippen LogP contribution >= 0.6 is 0 Å². The van der Waals surface area contributed by atoms with Gasteiger partial charge in [0.05, 0.1) is 12.3 Å². The maximum atomic E-state index is 12.8. The third-order valence-electron chi connectivity index (χ3n) is 6.06. The van der Waals surface area contributed by atoms with Gasteiger partial charge in [-0.15, -0.1) is 0 Å². The molecule has 0 radical (unpaired) electrons. The second-order valence-electron chi connectivity index (χ2n) is 8.64. The van der Waals surface area contributed by atoms with Crippen LogP contribution in [-0.4, -0.2) is 31.4 Å². The molecule has 2 N–H and O–H groups in total. The number of hydrogen-bond acceptors (Lipinski definition) is 4. The Kier molecular flexibility index (Phi) is 10.8. The molecule has 1 aromatic carbocycles. The number of carbonyl (C=O) groups is 2. The largest absolute Gasteiger partial charge is 0.380 e. The fourth-order valence-electron chi connectivity index (χ4n) is 4.04. The van der Waals surface area contributed by atoms with Crippen LogP contribution in [-0.2, 0) is 14.3 Å². The highest BCUT2D eigenvalue weighted by atomic mass is 16.5. The summed E-state index contributed by atoms with van der Waals surface area (Å²) in [6, 6.07) is 6.26. The number of benzene rings is 1. The van der Waals surface area contributed by atoms with Gasteiger partial charge in [-0.1, -0.05) is 45.4 Å². The Morgan fingerprint density at radius 2 is 2.03 bits per heavy atom. The molecule has 1 amide bonds. The van der Waals surface area contributed by atoms with Crippen LogP contribution in [0.4, 0.5) is 5.69 Å². The van der Waals surface area contributed by atoms with Crippen molar-refractivity contribution in [2.45, 2.75) is 78.6 Å². The first-order chi connectivity index (χ1) is 15.0. The minimum atomic E-state index is 0.0753. The SMILES string of the molecule is CCCCC(=O)Nc1ccc(C(C)C2CCC=C(NCCOCCC)C(=O)C2)cc1C. The van der Waals surface area contributed by atoms with Crippen LogP contribution in [0.25, 0.3) is 0 Å². The standard InChI is InChI=1S/C26H40N2O3/c1-5-7-11-26(30)28-23-13-12-22(17-19(23)3)20(4)21-9-8-10-24(25(29)18-21)27-14-16-31-15-6-2/h10,12-13,17,20-21,27H,5-9,11,14-16,18H2,1-4H3,(H,28,30). The third-order valence-corrected chi connectivity index (χ3v) is 6.06. The zero-order valence-corrected chi connectivity index (χ0v) is 19.8. The number of ether oxygens (including phenoxy) is 1. The van der Waals surface area contributed by atoms with Crippen molar-refractivity contribution in [1.29, 1.82) is 0 Å². The molecule has 172 valence electrons. The summed E-state index contributed by atoms with van der Waals surface area (Å²) < 4.78 is 5.49. The van der Waals surface area contributed by atoms with Crippen LogP contribution in [0.5, 0.6) is 0 Å². The van der Waals surface area contributed by atoms with Gasteiger partial charge < -0.3 is 15.4 Å². The van der Waals surface area contributed by atoms with Gasteiger partial charge in [0.25, 0.3) is 0 Å². The molecule has 1 aliphatic carbocycles. The summed E-state index contributed by atoms with van der Waals surface area (Å²) >= 11 is 0. The van der Waals surface area contributed by atoms with Crippen LogP contribution in [0.1, 0.15) is 82.8 Å². The molecule has 0 aromatic heterocycles. The summed E-state index contributed by atoms with van der Waals surface area (Å²) in [5.41, 5.74) is 3.93. The molecule has 2 unspecified atom stereocenters. The maximum absolute atomic E-state index is 12.8. The van der Waals surface area contributed by atoms with Crippen molar-refractivity contribution in [1.82, 2.24) is 5.32 Å². The van der Waals surface area contributed by atoms with E-state index in [4.69, 9.17) is 4.74 Å². The van der Waals surface area contributed by atoms with Crippen molar-refractivity contribution in [2.75, 3.05) is 25.1 Å². The highest BCUT2D eigenvalue weighted by Crippen LogP contribution is 2.34. The summed E-state index contributed by atoms with van der Waals surface area (Å²) in [4.78, 5) is 24.8. The van der Waals surface area contributed by atoms with E-state index in [1.807, 2.05) is 13.0 Å². The molecule has 0 bridgehead atoms. The Morgan fingerprint density at radius 3 is 2.74 bits per heavy atom. The summed E-state index contributed by atoms with van der Waals surface area (Å²) in [6.45, 7) is 10.5. The third kappa shape index (κ3) is 8.13. The van der Waals surface area contributed by atoms with Crippen molar-refractivity contribution in [3.63, 3.8) is 0 Å². The quantitative estimate of drug-likeness (QED) is 0.432. The molecule has 0 spiro atoms. The number of anilines is 1. The second-order valence-corrected chi connectivity index (χ2v) is 8.64. The number of Topliss-reactive ketones (excluding diaryl/α,β-unsaturated/α-hetero) is 1. The minimum absolute atomic E-state index is 0.0753. The summed E-state index contributed by atoms with van der Waals surface area (Å²) in [5, 5.41) is 6.29. The van der Waals surface area contributed by atoms with Crippen LogP contribution in [0.3, 0.4) is 0 Å². The van der Waals surface area contributed by atoms with Crippen molar-refractivity contribution in [3.8, 4) is 0 Å². The molecule has 31 heavy (non-hydrogen) atoms. The monoisotopic (exact) mass is 428 g/mol. The van der Waals surface area contributed by atoms with E-state index in [9.17, 15) is 9.59 Å². The zero-order chi connectivity index (χ0) is 22.6. The van der Waals surface area contributed by atoms with Gasteiger partial charge in [-0.2, -0.15) is 0 Å². The summed E-state index contributed by atoms with van der Waals surface area (Å²) in [6.07, 6.45) is 8.01. The predicted octanol–water partition coefficient (Wildman–Crippen LogP) is 5.50. The fraction of sp³-hybridized carbons (Fsp3) is 0.615. The molecular formula is C26H40N2O3. The molecule has 2 atom stereocenters. The first-order valence-corrected chi connectivity index (χ1v) is 11.9. The number of amides is 1. The summed E-state index contributed by atoms with van der Waals surface area (Å²) in [7, 11) is 0. The van der Waals surface area contributed by atoms with Gasteiger partial charge in [0.15, 0.2) is 5.78 Å². The van der Waals surface area contributed by atoms with Crippen molar-refractivity contribution >= 4 is 17.4 Å². The molecule has 5 nitrogen and oxygen atoms in total. The van der Waals surface area contributed by atoms with E-state index in [2.05, 4.69) is 49.6 Å². The number of allylic oxidation sites excluding steroid dienone is 2. The smallest absolute Gasteiger partial charge is 0.224 e. The van der Waals surface area contributed by atoms with E-state index in [1.165, 1.54) is 5.56 Å². The van der Waals surface area contributed by atoms with Crippen LogP contribution in [0, 0.1) is 12.8 Å². The predicted molar refractivity (Wildman–Crippen MR) is 127 cm³/mol. The van der Waals surface area contributed by atoms with Gasteiger partial charge in [0.1, 0.15) is 0 Å². The van der Waals surface area contributed by atoms with Gasteiger partial charge in [-0.05, 0) is 61.6 Å². The lowest BCUT2D eigenvalue weighted by atomic mass is 9.82. The molecule has 0 heterocycles. The average Bonchev–Trinajstić information content (AvgIpc) is 2.94. The van der Waals surface area contributed by atoms with Crippen LogP contribution in [0.15, 0.2) is 30.0 Å². The van der Waals surface area contributed by atoms with E-state index >= 15 is 0 Å². The molecule has 0 aliphatic heterocycles. The molecule has 0 saturated heterocycles. The minimum Gasteiger partial charge on any atom is -0.380 e. The van der Waals surface area contributed by atoms with E-state index < -0.39 is 0 Å². The Balaban J connectivity index is 1.93. The Bertz CT molecular complexity index is 757. The van der Waals surface area contributed by atoms with Crippen molar-refractivity contribution < 1.29 is 14.3 Å². The van der Waals surface area contributed by atoms with Gasteiger partial charge >= 0.3 is 0 Å². The number of ketones is 1. The molecule has 5 heteroatoms. The van der Waals surface area contributed by atoms with Gasteiger partial charge in [-0.25, -0.2) is 0 Å². The highest BCUT2D eigenvalue weighted by molar-refractivity contribution is 5.95. The van der Waals surface area contributed by atoms with E-state index in [0.717, 1.165) is 55.7 Å². The van der Waals surface area contributed by atoms with E-state index in [-0.39, 0.29) is 17.6 Å². The van der Waals surface area contributed by atoms with Gasteiger partial charge in [0, 0.05) is 31.7 Å². The lowest BCUT2D eigenvalue weighted by molar-refractivity contribution is -0.117. The van der Waals surface area contributed by atoms with Crippen molar-refractivity contribution in [3.05, 3.63) is 41.1 Å². The summed E-state index contributed by atoms with van der Waals surface area (Å²) in [5.74, 6) is 0.865. The molecule has 0 saturated carbocycles. The molecular weight excluding hydrogens is 388 g/mol. The Morgan fingerprint density at radius 1 is 1.23 bits per heavy atom. The number of nitrogens with one attached hydrogen (secondary N) is 2. The van der Waals surface area contributed by atoms with E-state index in [0.29, 0.717) is 31.9 Å². The van der Waals surface area contributed by atoms with E-state index in [1.54, 1.807) is 0 Å². The number of aryl methyl sites for hydroxylation is 1. The maximum Gasteiger partial charge on any atom is 0.224 e. The normalized spacial score (nSPS) is 17.6. The molecule has 1 aromatic rings. The Hall–Kier alpha value is -2.14. The van der Waals surface area contributed by atoms with Gasteiger partial charge in [-0.3, -0.25) is 9.59 Å². The molecule has 1 aliphatic rings. The highest BCUT2D eigenvalue weighted by Gasteiger charge is 2.26. The van der Waals surface area contributed by atoms with Gasteiger partial charge in [0.2, 0.25) is 5.91 Å².